The fourth-order valence-corrected chi connectivity index (χ4v) is 2.96. The zero-order valence-electron chi connectivity index (χ0n) is 17.4. The average molecular weight is 376 g/mol. The van der Waals surface area contributed by atoms with E-state index in [1.54, 1.807) is 24.3 Å². The summed E-state index contributed by atoms with van der Waals surface area (Å²) in [6.45, 7) is 9.89. The molecule has 0 heterocycles. The Bertz CT molecular complexity index is 539. The van der Waals surface area contributed by atoms with Crippen LogP contribution in [-0.4, -0.2) is 42.9 Å². The molecule has 5 nitrogen and oxygen atoms in total. The Morgan fingerprint density at radius 3 is 2.15 bits per heavy atom. The van der Waals surface area contributed by atoms with Crippen LogP contribution in [0.5, 0.6) is 0 Å². The molecule has 1 aromatic rings. The minimum absolute atomic E-state index is 0.0434. The van der Waals surface area contributed by atoms with E-state index < -0.39 is 0 Å². The van der Waals surface area contributed by atoms with E-state index in [1.165, 1.54) is 25.7 Å². The normalized spacial score (nSPS) is 10.8. The summed E-state index contributed by atoms with van der Waals surface area (Å²) in [5, 5.41) is 5.85. The molecular weight excluding hydrogens is 338 g/mol. The first-order chi connectivity index (χ1) is 13.1. The zero-order chi connectivity index (χ0) is 19.9. The SMILES string of the molecule is CCCCCCCCC(=O)Nc1ccc(C(=O)NCCN(CC)CC)cc1. The first kappa shape index (κ1) is 23.2. The number of amides is 2. The van der Waals surface area contributed by atoms with Crippen LogP contribution in [0.1, 0.15) is 76.1 Å². The fraction of sp³-hybridized carbons (Fsp3) is 0.636. The van der Waals surface area contributed by atoms with Crippen molar-refractivity contribution >= 4 is 17.5 Å². The summed E-state index contributed by atoms with van der Waals surface area (Å²) in [4.78, 5) is 26.4. The van der Waals surface area contributed by atoms with E-state index in [2.05, 4.69) is 36.3 Å². The summed E-state index contributed by atoms with van der Waals surface area (Å²) < 4.78 is 0. The second kappa shape index (κ2) is 14.2. The number of hydrogen-bond acceptors (Lipinski definition) is 3. The summed E-state index contributed by atoms with van der Waals surface area (Å²) in [6.07, 6.45) is 7.59. The predicted octanol–water partition coefficient (Wildman–Crippen LogP) is 4.45. The molecule has 2 N–H and O–H groups in total. The van der Waals surface area contributed by atoms with Gasteiger partial charge in [0.25, 0.3) is 5.91 Å². The Hall–Kier alpha value is -1.88. The quantitative estimate of drug-likeness (QED) is 0.472. The Balaban J connectivity index is 2.29. The number of unbranched alkanes of at least 4 members (excludes halogenated alkanes) is 5. The lowest BCUT2D eigenvalue weighted by Gasteiger charge is -2.18. The Kier molecular flexibility index (Phi) is 12.2. The van der Waals surface area contributed by atoms with Crippen LogP contribution in [0.25, 0.3) is 0 Å². The largest absolute Gasteiger partial charge is 0.351 e. The molecule has 0 aliphatic carbocycles. The van der Waals surface area contributed by atoms with Gasteiger partial charge in [-0.25, -0.2) is 0 Å². The third-order valence-corrected chi connectivity index (χ3v) is 4.80. The molecular formula is C22H37N3O2. The van der Waals surface area contributed by atoms with E-state index >= 15 is 0 Å². The molecule has 0 radical (unpaired) electrons. The van der Waals surface area contributed by atoms with Gasteiger partial charge in [0.15, 0.2) is 0 Å². The second-order valence-electron chi connectivity index (χ2n) is 6.93. The minimum Gasteiger partial charge on any atom is -0.351 e. The van der Waals surface area contributed by atoms with Gasteiger partial charge in [0.05, 0.1) is 0 Å². The number of carbonyl (C=O) groups excluding carboxylic acids is 2. The fourth-order valence-electron chi connectivity index (χ4n) is 2.96. The zero-order valence-corrected chi connectivity index (χ0v) is 17.4. The maximum Gasteiger partial charge on any atom is 0.251 e. The van der Waals surface area contributed by atoms with Gasteiger partial charge in [-0.05, 0) is 43.8 Å². The predicted molar refractivity (Wildman–Crippen MR) is 113 cm³/mol. The second-order valence-corrected chi connectivity index (χ2v) is 6.93. The number of hydrogen-bond donors (Lipinski definition) is 2. The first-order valence-electron chi connectivity index (χ1n) is 10.5. The Morgan fingerprint density at radius 1 is 0.889 bits per heavy atom. The van der Waals surface area contributed by atoms with Crippen LogP contribution in [0, 0.1) is 0 Å². The number of nitrogens with zero attached hydrogens (tertiary/aromatic N) is 1. The summed E-state index contributed by atoms with van der Waals surface area (Å²) in [5.41, 5.74) is 1.36. The van der Waals surface area contributed by atoms with Crippen LogP contribution in [0.3, 0.4) is 0 Å². The van der Waals surface area contributed by atoms with E-state index in [1.807, 2.05) is 0 Å². The highest BCUT2D eigenvalue weighted by molar-refractivity contribution is 5.95. The van der Waals surface area contributed by atoms with Crippen LogP contribution < -0.4 is 10.6 Å². The molecule has 0 atom stereocenters. The monoisotopic (exact) mass is 375 g/mol. The third-order valence-electron chi connectivity index (χ3n) is 4.80. The lowest BCUT2D eigenvalue weighted by molar-refractivity contribution is -0.116. The van der Waals surface area contributed by atoms with Gasteiger partial charge in [-0.1, -0.05) is 52.9 Å². The standard InChI is InChI=1S/C22H37N3O2/c1-4-7-8-9-10-11-12-21(26)24-20-15-13-19(14-16-20)22(27)23-17-18-25(5-2)6-3/h13-16H,4-12,17-18H2,1-3H3,(H,23,27)(H,24,26). The van der Waals surface area contributed by atoms with Crippen LogP contribution in [0.4, 0.5) is 5.69 Å². The minimum atomic E-state index is -0.0767. The van der Waals surface area contributed by atoms with Gasteiger partial charge in [0, 0.05) is 30.8 Å². The average Bonchev–Trinajstić information content (AvgIpc) is 2.68. The van der Waals surface area contributed by atoms with Crippen molar-refractivity contribution in [2.75, 3.05) is 31.5 Å². The van der Waals surface area contributed by atoms with Crippen LogP contribution >= 0.6 is 0 Å². The van der Waals surface area contributed by atoms with E-state index in [4.69, 9.17) is 0 Å². The van der Waals surface area contributed by atoms with Crippen LogP contribution in [0.2, 0.25) is 0 Å². The molecule has 0 aromatic heterocycles. The van der Waals surface area contributed by atoms with Crippen molar-refractivity contribution in [1.29, 1.82) is 0 Å². The van der Waals surface area contributed by atoms with Crippen molar-refractivity contribution in [2.45, 2.75) is 65.7 Å². The molecule has 0 aliphatic rings. The van der Waals surface area contributed by atoms with Gasteiger partial charge in [0.1, 0.15) is 0 Å². The summed E-state index contributed by atoms with van der Waals surface area (Å²) in [5.74, 6) is -0.0333. The number of likely N-dealkylation sites (N-methyl/N-ethyl adjacent to an activating group) is 1. The molecule has 0 aliphatic heterocycles. The highest BCUT2D eigenvalue weighted by atomic mass is 16.2. The number of anilines is 1. The highest BCUT2D eigenvalue weighted by Crippen LogP contribution is 2.12. The molecule has 1 aromatic carbocycles. The molecule has 0 bridgehead atoms. The molecule has 0 fully saturated rings. The van der Waals surface area contributed by atoms with Gasteiger partial charge in [-0.15, -0.1) is 0 Å². The smallest absolute Gasteiger partial charge is 0.251 e. The highest BCUT2D eigenvalue weighted by Gasteiger charge is 2.07. The molecule has 0 spiro atoms. The lowest BCUT2D eigenvalue weighted by Crippen LogP contribution is -2.34. The first-order valence-corrected chi connectivity index (χ1v) is 10.5. The molecule has 152 valence electrons. The van der Waals surface area contributed by atoms with Gasteiger partial charge >= 0.3 is 0 Å². The van der Waals surface area contributed by atoms with Gasteiger partial charge in [0.2, 0.25) is 5.91 Å². The van der Waals surface area contributed by atoms with E-state index in [-0.39, 0.29) is 11.8 Å². The molecule has 1 rings (SSSR count). The van der Waals surface area contributed by atoms with Gasteiger partial charge in [-0.3, -0.25) is 9.59 Å². The van der Waals surface area contributed by atoms with Crippen LogP contribution in [-0.2, 0) is 4.79 Å². The van der Waals surface area contributed by atoms with Gasteiger partial charge in [-0.2, -0.15) is 0 Å². The van der Waals surface area contributed by atoms with Crippen molar-refractivity contribution in [3.05, 3.63) is 29.8 Å². The summed E-state index contributed by atoms with van der Waals surface area (Å²) >= 11 is 0. The van der Waals surface area contributed by atoms with Crippen molar-refractivity contribution in [1.82, 2.24) is 10.2 Å². The summed E-state index contributed by atoms with van der Waals surface area (Å²) in [7, 11) is 0. The maximum absolute atomic E-state index is 12.2. The molecule has 2 amide bonds. The number of nitrogens with one attached hydrogen (secondary N) is 2. The molecule has 5 heteroatoms. The van der Waals surface area contributed by atoms with Crippen molar-refractivity contribution in [3.8, 4) is 0 Å². The van der Waals surface area contributed by atoms with Crippen molar-refractivity contribution in [3.63, 3.8) is 0 Å². The topological polar surface area (TPSA) is 61.4 Å². The number of benzene rings is 1. The van der Waals surface area contributed by atoms with E-state index in [0.717, 1.165) is 38.2 Å². The van der Waals surface area contributed by atoms with Crippen molar-refractivity contribution in [2.24, 2.45) is 0 Å². The van der Waals surface area contributed by atoms with Gasteiger partial charge < -0.3 is 15.5 Å². The van der Waals surface area contributed by atoms with Crippen molar-refractivity contribution < 1.29 is 9.59 Å². The van der Waals surface area contributed by atoms with E-state index in [9.17, 15) is 9.59 Å². The number of carbonyl (C=O) groups is 2. The molecule has 0 unspecified atom stereocenters. The molecule has 0 saturated heterocycles. The maximum atomic E-state index is 12.2. The van der Waals surface area contributed by atoms with E-state index in [0.29, 0.717) is 18.5 Å². The number of rotatable bonds is 14. The molecule has 0 saturated carbocycles. The Labute approximate surface area is 164 Å². The Morgan fingerprint density at radius 2 is 1.52 bits per heavy atom. The lowest BCUT2D eigenvalue weighted by atomic mass is 10.1. The molecule has 27 heavy (non-hydrogen) atoms. The third kappa shape index (κ3) is 10.1. The summed E-state index contributed by atoms with van der Waals surface area (Å²) in [6, 6.07) is 7.09. The van der Waals surface area contributed by atoms with Crippen LogP contribution in [0.15, 0.2) is 24.3 Å².